The highest BCUT2D eigenvalue weighted by Gasteiger charge is 2.29. The molecule has 0 aromatic rings. The highest BCUT2D eigenvalue weighted by atomic mass is 16.8. The Morgan fingerprint density at radius 2 is 2.00 bits per heavy atom. The zero-order chi connectivity index (χ0) is 9.45. The first kappa shape index (κ1) is 11.8. The Balaban J connectivity index is 3.63. The quantitative estimate of drug-likeness (QED) is 0.433. The Bertz CT molecular complexity index is 107. The first-order valence-electron chi connectivity index (χ1n) is 4.15. The van der Waals surface area contributed by atoms with Crippen LogP contribution in [0.2, 0.25) is 0 Å². The minimum Gasteiger partial charge on any atom is -0.373 e. The monoisotopic (exact) mass is 177 g/mol. The van der Waals surface area contributed by atoms with Gasteiger partial charge in [0.2, 0.25) is 0 Å². The van der Waals surface area contributed by atoms with Crippen molar-refractivity contribution in [1.29, 1.82) is 0 Å². The van der Waals surface area contributed by atoms with Crippen molar-refractivity contribution in [2.24, 2.45) is 0 Å². The van der Waals surface area contributed by atoms with E-state index in [1.54, 1.807) is 6.92 Å². The average Bonchev–Trinajstić information content (AvgIpc) is 2.06. The molecule has 0 N–H and O–H groups in total. The van der Waals surface area contributed by atoms with Crippen LogP contribution in [0.25, 0.3) is 0 Å². The van der Waals surface area contributed by atoms with E-state index in [1.165, 1.54) is 7.11 Å². The second kappa shape index (κ2) is 6.37. The molecule has 1 radical (unpaired) electrons. The zero-order valence-corrected chi connectivity index (χ0v) is 7.96. The number of hydrogen-bond acceptors (Lipinski definition) is 3. The predicted molar refractivity (Wildman–Crippen MR) is 43.2 cm³/mol. The van der Waals surface area contributed by atoms with Crippen molar-refractivity contribution in [2.75, 3.05) is 26.9 Å². The molecule has 0 aromatic carbocycles. The lowest BCUT2D eigenvalue weighted by molar-refractivity contribution is -0.392. The summed E-state index contributed by atoms with van der Waals surface area (Å²) >= 11 is 0. The molecule has 0 rings (SSSR count). The lowest BCUT2D eigenvalue weighted by Gasteiger charge is -2.22. The van der Waals surface area contributed by atoms with Crippen molar-refractivity contribution >= 4 is 0 Å². The van der Waals surface area contributed by atoms with Crippen LogP contribution in [0.1, 0.15) is 20.3 Å². The van der Waals surface area contributed by atoms with Gasteiger partial charge in [-0.2, -0.15) is 5.11 Å². The van der Waals surface area contributed by atoms with Crippen LogP contribution in [-0.4, -0.2) is 32.9 Å². The van der Waals surface area contributed by atoms with E-state index in [4.69, 9.17) is 9.47 Å². The zero-order valence-electron chi connectivity index (χ0n) is 7.96. The second-order valence-corrected chi connectivity index (χ2v) is 2.37. The van der Waals surface area contributed by atoms with Crippen LogP contribution in [0, 0.1) is 0 Å². The smallest absolute Gasteiger partial charge is 0.336 e. The van der Waals surface area contributed by atoms with Crippen LogP contribution in [-0.2, 0) is 19.3 Å². The van der Waals surface area contributed by atoms with Gasteiger partial charge in [0.25, 0.3) is 0 Å². The summed E-state index contributed by atoms with van der Waals surface area (Å²) in [5.74, 6) is -1.83. The van der Waals surface area contributed by atoms with E-state index in [0.717, 1.165) is 6.42 Å². The van der Waals surface area contributed by atoms with Crippen molar-refractivity contribution in [3.63, 3.8) is 0 Å². The van der Waals surface area contributed by atoms with Gasteiger partial charge in [-0.05, 0) is 13.3 Å². The van der Waals surface area contributed by atoms with Crippen LogP contribution >= 0.6 is 0 Å². The van der Waals surface area contributed by atoms with Crippen molar-refractivity contribution in [3.05, 3.63) is 0 Å². The first-order chi connectivity index (χ1) is 5.68. The predicted octanol–water partition coefficient (Wildman–Crippen LogP) is 1.18. The standard InChI is InChI=1S/C8H17O4/c1-4-6-11-7-8(9,10-3)12-5-2/h4-7H2,1-3H3. The van der Waals surface area contributed by atoms with Gasteiger partial charge < -0.3 is 14.2 Å². The SMILES string of the molecule is CCCOCC([O])(OC)OCC. The Morgan fingerprint density at radius 3 is 2.42 bits per heavy atom. The lowest BCUT2D eigenvalue weighted by atomic mass is 10.5. The van der Waals surface area contributed by atoms with Crippen molar-refractivity contribution in [3.8, 4) is 0 Å². The molecule has 73 valence electrons. The van der Waals surface area contributed by atoms with E-state index in [-0.39, 0.29) is 6.61 Å². The molecule has 4 nitrogen and oxygen atoms in total. The minimum absolute atomic E-state index is 0.0643. The van der Waals surface area contributed by atoms with Crippen molar-refractivity contribution < 1.29 is 19.3 Å². The molecule has 0 aliphatic carbocycles. The molecule has 0 saturated heterocycles. The molecule has 0 spiro atoms. The second-order valence-electron chi connectivity index (χ2n) is 2.37. The Kier molecular flexibility index (Phi) is 6.28. The summed E-state index contributed by atoms with van der Waals surface area (Å²) in [5.41, 5.74) is 0. The molecular formula is C8H17O4. The fraction of sp³-hybridized carbons (Fsp3) is 1.00. The van der Waals surface area contributed by atoms with Crippen LogP contribution in [0.5, 0.6) is 0 Å². The third-order valence-electron chi connectivity index (χ3n) is 1.30. The van der Waals surface area contributed by atoms with E-state index in [2.05, 4.69) is 4.74 Å². The largest absolute Gasteiger partial charge is 0.373 e. The summed E-state index contributed by atoms with van der Waals surface area (Å²) in [6.07, 6.45) is 0.881. The molecule has 1 unspecified atom stereocenters. The van der Waals surface area contributed by atoms with Gasteiger partial charge in [0.15, 0.2) is 0 Å². The van der Waals surface area contributed by atoms with Crippen LogP contribution in [0.15, 0.2) is 0 Å². The van der Waals surface area contributed by atoms with Gasteiger partial charge in [-0.25, -0.2) is 0 Å². The third kappa shape index (κ3) is 4.66. The minimum atomic E-state index is -1.83. The number of methoxy groups -OCH3 is 1. The first-order valence-corrected chi connectivity index (χ1v) is 4.15. The van der Waals surface area contributed by atoms with Crippen LogP contribution < -0.4 is 0 Å². The van der Waals surface area contributed by atoms with Crippen LogP contribution in [0.3, 0.4) is 0 Å². The number of ether oxygens (including phenoxy) is 3. The molecule has 12 heavy (non-hydrogen) atoms. The van der Waals surface area contributed by atoms with Gasteiger partial charge in [0.1, 0.15) is 6.61 Å². The summed E-state index contributed by atoms with van der Waals surface area (Å²) in [7, 11) is 1.32. The van der Waals surface area contributed by atoms with Gasteiger partial charge in [0.05, 0.1) is 0 Å². The molecule has 0 heterocycles. The molecule has 0 fully saturated rings. The maximum absolute atomic E-state index is 11.4. The summed E-state index contributed by atoms with van der Waals surface area (Å²) < 4.78 is 14.5. The highest BCUT2D eigenvalue weighted by molar-refractivity contribution is 4.49. The molecule has 0 aliphatic heterocycles. The van der Waals surface area contributed by atoms with Gasteiger partial charge in [-0.1, -0.05) is 6.92 Å². The topological polar surface area (TPSA) is 47.6 Å². The third-order valence-corrected chi connectivity index (χ3v) is 1.30. The maximum atomic E-state index is 11.4. The number of hydrogen-bond donors (Lipinski definition) is 0. The van der Waals surface area contributed by atoms with Gasteiger partial charge in [-0.3, -0.25) is 0 Å². The maximum Gasteiger partial charge on any atom is 0.336 e. The fourth-order valence-corrected chi connectivity index (χ4v) is 0.721. The Labute approximate surface area is 73.4 Å². The normalized spacial score (nSPS) is 16.0. The van der Waals surface area contributed by atoms with Gasteiger partial charge in [-0.15, -0.1) is 0 Å². The summed E-state index contributed by atoms with van der Waals surface area (Å²) in [6.45, 7) is 4.53. The van der Waals surface area contributed by atoms with E-state index < -0.39 is 5.97 Å². The molecule has 0 bridgehead atoms. The summed E-state index contributed by atoms with van der Waals surface area (Å²) in [6, 6.07) is 0. The van der Waals surface area contributed by atoms with E-state index in [1.807, 2.05) is 6.92 Å². The molecule has 0 amide bonds. The highest BCUT2D eigenvalue weighted by Crippen LogP contribution is 2.09. The van der Waals surface area contributed by atoms with Crippen molar-refractivity contribution in [1.82, 2.24) is 0 Å². The molecule has 0 saturated carbocycles. The van der Waals surface area contributed by atoms with E-state index >= 15 is 0 Å². The van der Waals surface area contributed by atoms with Gasteiger partial charge >= 0.3 is 5.97 Å². The molecule has 0 aliphatic rings. The Morgan fingerprint density at radius 1 is 1.33 bits per heavy atom. The van der Waals surface area contributed by atoms with Crippen molar-refractivity contribution in [2.45, 2.75) is 26.2 Å². The van der Waals surface area contributed by atoms with Crippen LogP contribution in [0.4, 0.5) is 0 Å². The Hall–Kier alpha value is -0.160. The lowest BCUT2D eigenvalue weighted by Crippen LogP contribution is -2.38. The summed E-state index contributed by atoms with van der Waals surface area (Å²) in [4.78, 5) is 0. The van der Waals surface area contributed by atoms with Gasteiger partial charge in [0, 0.05) is 20.3 Å². The molecule has 0 aromatic heterocycles. The van der Waals surface area contributed by atoms with E-state index in [9.17, 15) is 5.11 Å². The summed E-state index contributed by atoms with van der Waals surface area (Å²) in [5, 5.41) is 11.4. The molecule has 4 heteroatoms. The fourth-order valence-electron chi connectivity index (χ4n) is 0.721. The molecular weight excluding hydrogens is 160 g/mol. The molecule has 1 atom stereocenters. The average molecular weight is 177 g/mol. The number of rotatable bonds is 7. The van der Waals surface area contributed by atoms with E-state index in [0.29, 0.717) is 13.2 Å².